The quantitative estimate of drug-likeness (QED) is 0.811. The molecule has 1 unspecified atom stereocenters. The van der Waals surface area contributed by atoms with Gasteiger partial charge in [-0.3, -0.25) is 14.7 Å². The molecule has 0 aromatic carbocycles. The fourth-order valence-electron chi connectivity index (χ4n) is 2.27. The molecule has 0 spiro atoms. The van der Waals surface area contributed by atoms with Crippen LogP contribution in [0.3, 0.4) is 0 Å². The summed E-state index contributed by atoms with van der Waals surface area (Å²) in [4.78, 5) is 20.2. The number of hydrogen-bond donors (Lipinski definition) is 1. The summed E-state index contributed by atoms with van der Waals surface area (Å²) in [5.74, 6) is 0.178. The lowest BCUT2D eigenvalue weighted by Gasteiger charge is -2.38. The number of rotatable bonds is 4. The molecule has 1 atom stereocenters. The van der Waals surface area contributed by atoms with Gasteiger partial charge in [-0.15, -0.1) is 0 Å². The minimum atomic E-state index is 0.178. The van der Waals surface area contributed by atoms with Crippen molar-refractivity contribution in [3.63, 3.8) is 0 Å². The normalized spacial score (nSPS) is 21.3. The van der Waals surface area contributed by atoms with Crippen LogP contribution in [0.25, 0.3) is 0 Å². The largest absolute Gasteiger partial charge is 0.339 e. The summed E-state index contributed by atoms with van der Waals surface area (Å²) in [6.07, 6.45) is 1.79. The van der Waals surface area contributed by atoms with Crippen molar-refractivity contribution in [1.82, 2.24) is 20.1 Å². The van der Waals surface area contributed by atoms with E-state index in [4.69, 9.17) is 0 Å². The zero-order chi connectivity index (χ0) is 13.0. The van der Waals surface area contributed by atoms with Crippen molar-refractivity contribution >= 4 is 5.91 Å². The summed E-state index contributed by atoms with van der Waals surface area (Å²) >= 11 is 0. The van der Waals surface area contributed by atoms with Crippen molar-refractivity contribution in [3.05, 3.63) is 30.1 Å². The Hall–Kier alpha value is -1.46. The Morgan fingerprint density at radius 1 is 1.50 bits per heavy atom. The summed E-state index contributed by atoms with van der Waals surface area (Å²) in [5, 5.41) is 3.14. The van der Waals surface area contributed by atoms with Gasteiger partial charge in [-0.1, -0.05) is 6.07 Å². The molecule has 2 heterocycles. The molecule has 0 aliphatic carbocycles. The van der Waals surface area contributed by atoms with E-state index >= 15 is 0 Å². The first-order valence-electron chi connectivity index (χ1n) is 6.23. The van der Waals surface area contributed by atoms with Gasteiger partial charge >= 0.3 is 0 Å². The molecule has 5 nitrogen and oxygen atoms in total. The van der Waals surface area contributed by atoms with Crippen LogP contribution in [0, 0.1) is 0 Å². The summed E-state index contributed by atoms with van der Waals surface area (Å²) < 4.78 is 0. The number of carbonyl (C=O) groups excluding carboxylic acids is 1. The number of amides is 1. The molecule has 0 saturated carbocycles. The second kappa shape index (κ2) is 5.93. The van der Waals surface area contributed by atoms with Crippen LogP contribution in [0.15, 0.2) is 24.4 Å². The highest BCUT2D eigenvalue weighted by Crippen LogP contribution is 2.11. The maximum atomic E-state index is 11.9. The minimum absolute atomic E-state index is 0.178. The Morgan fingerprint density at radius 2 is 2.33 bits per heavy atom. The summed E-state index contributed by atoms with van der Waals surface area (Å²) in [6.45, 7) is 2.93. The molecule has 98 valence electrons. The van der Waals surface area contributed by atoms with Gasteiger partial charge in [-0.25, -0.2) is 0 Å². The molecule has 5 heteroatoms. The van der Waals surface area contributed by atoms with Gasteiger partial charge in [0.15, 0.2) is 0 Å². The maximum absolute atomic E-state index is 11.9. The smallest absolute Gasteiger partial charge is 0.236 e. The van der Waals surface area contributed by atoms with Crippen molar-refractivity contribution in [2.75, 3.05) is 33.7 Å². The number of aromatic nitrogens is 1. The molecule has 1 N–H and O–H groups in total. The minimum Gasteiger partial charge on any atom is -0.339 e. The monoisotopic (exact) mass is 248 g/mol. The molecule has 1 aliphatic heterocycles. The Bertz CT molecular complexity index is 395. The number of nitrogens with one attached hydrogen (secondary N) is 1. The highest BCUT2D eigenvalue weighted by atomic mass is 16.2. The van der Waals surface area contributed by atoms with Crippen LogP contribution in [0.1, 0.15) is 5.69 Å². The fourth-order valence-corrected chi connectivity index (χ4v) is 2.27. The van der Waals surface area contributed by atoms with E-state index in [-0.39, 0.29) is 11.9 Å². The lowest BCUT2D eigenvalue weighted by atomic mass is 10.1. The number of piperazine rings is 1. The molecule has 0 radical (unpaired) electrons. The first-order valence-corrected chi connectivity index (χ1v) is 6.23. The third kappa shape index (κ3) is 3.05. The molecule has 0 bridgehead atoms. The summed E-state index contributed by atoms with van der Waals surface area (Å²) in [7, 11) is 3.79. The molecule has 1 amide bonds. The molecule has 1 saturated heterocycles. The second-order valence-corrected chi connectivity index (χ2v) is 4.71. The maximum Gasteiger partial charge on any atom is 0.236 e. The van der Waals surface area contributed by atoms with Gasteiger partial charge < -0.3 is 10.2 Å². The lowest BCUT2D eigenvalue weighted by Crippen LogP contribution is -2.57. The number of pyridine rings is 1. The fraction of sp³-hybridized carbons (Fsp3) is 0.538. The molecule has 2 rings (SSSR count). The number of hydrogen-bond acceptors (Lipinski definition) is 4. The Labute approximate surface area is 108 Å². The van der Waals surface area contributed by atoms with Crippen molar-refractivity contribution in [2.24, 2.45) is 0 Å². The van der Waals surface area contributed by atoms with E-state index < -0.39 is 0 Å². The highest BCUT2D eigenvalue weighted by Gasteiger charge is 2.29. The van der Waals surface area contributed by atoms with E-state index in [2.05, 4.69) is 15.2 Å². The van der Waals surface area contributed by atoms with Crippen LogP contribution in [-0.4, -0.2) is 60.5 Å². The zero-order valence-corrected chi connectivity index (χ0v) is 11.0. The standard InChI is InChI=1S/C13H20N4O/c1-14-7-12-9-17(10-13(18)16(12)2)8-11-5-3-4-6-15-11/h3-6,12,14H,7-10H2,1-2H3. The predicted molar refractivity (Wildman–Crippen MR) is 70.0 cm³/mol. The van der Waals surface area contributed by atoms with Crippen LogP contribution in [-0.2, 0) is 11.3 Å². The van der Waals surface area contributed by atoms with Crippen LogP contribution >= 0.6 is 0 Å². The highest BCUT2D eigenvalue weighted by molar-refractivity contribution is 5.79. The van der Waals surface area contributed by atoms with Crippen LogP contribution < -0.4 is 5.32 Å². The van der Waals surface area contributed by atoms with Gasteiger partial charge in [-0.05, 0) is 19.2 Å². The molecule has 1 fully saturated rings. The average molecular weight is 248 g/mol. The second-order valence-electron chi connectivity index (χ2n) is 4.71. The average Bonchev–Trinajstić information content (AvgIpc) is 2.37. The van der Waals surface area contributed by atoms with Crippen LogP contribution in [0.5, 0.6) is 0 Å². The predicted octanol–water partition coefficient (Wildman–Crippen LogP) is -0.0564. The third-order valence-corrected chi connectivity index (χ3v) is 3.32. The molecular formula is C13H20N4O. The first kappa shape index (κ1) is 13.0. The van der Waals surface area contributed by atoms with Gasteiger partial charge in [0.1, 0.15) is 0 Å². The third-order valence-electron chi connectivity index (χ3n) is 3.32. The number of likely N-dealkylation sites (N-methyl/N-ethyl adjacent to an activating group) is 2. The molecule has 18 heavy (non-hydrogen) atoms. The van der Waals surface area contributed by atoms with E-state index in [1.54, 1.807) is 6.20 Å². The van der Waals surface area contributed by atoms with Crippen molar-refractivity contribution in [3.8, 4) is 0 Å². The van der Waals surface area contributed by atoms with E-state index in [1.165, 1.54) is 0 Å². The van der Waals surface area contributed by atoms with Crippen molar-refractivity contribution in [1.29, 1.82) is 0 Å². The van der Waals surface area contributed by atoms with E-state index in [0.29, 0.717) is 6.54 Å². The lowest BCUT2D eigenvalue weighted by molar-refractivity contribution is -0.138. The molecular weight excluding hydrogens is 228 g/mol. The first-order chi connectivity index (χ1) is 8.70. The van der Waals surface area contributed by atoms with Gasteiger partial charge in [0.05, 0.1) is 18.3 Å². The van der Waals surface area contributed by atoms with E-state index in [1.807, 2.05) is 37.2 Å². The van der Waals surface area contributed by atoms with Gasteiger partial charge in [0.25, 0.3) is 0 Å². The van der Waals surface area contributed by atoms with E-state index in [0.717, 1.165) is 25.3 Å². The molecule has 1 aromatic heterocycles. The zero-order valence-electron chi connectivity index (χ0n) is 11.0. The van der Waals surface area contributed by atoms with Crippen molar-refractivity contribution in [2.45, 2.75) is 12.6 Å². The Morgan fingerprint density at radius 3 is 3.00 bits per heavy atom. The number of carbonyl (C=O) groups is 1. The topological polar surface area (TPSA) is 48.5 Å². The summed E-state index contributed by atoms with van der Waals surface area (Å²) in [6, 6.07) is 6.11. The molecule has 1 aliphatic rings. The van der Waals surface area contributed by atoms with Crippen molar-refractivity contribution < 1.29 is 4.79 Å². The van der Waals surface area contributed by atoms with Crippen LogP contribution in [0.2, 0.25) is 0 Å². The molecule has 1 aromatic rings. The Balaban J connectivity index is 1.99. The summed E-state index contributed by atoms with van der Waals surface area (Å²) in [5.41, 5.74) is 1.01. The van der Waals surface area contributed by atoms with Crippen LogP contribution in [0.4, 0.5) is 0 Å². The van der Waals surface area contributed by atoms with Gasteiger partial charge in [0.2, 0.25) is 5.91 Å². The van der Waals surface area contributed by atoms with E-state index in [9.17, 15) is 4.79 Å². The Kier molecular flexibility index (Phi) is 4.28. The van der Waals surface area contributed by atoms with Gasteiger partial charge in [-0.2, -0.15) is 0 Å². The number of nitrogens with zero attached hydrogens (tertiary/aromatic N) is 3. The van der Waals surface area contributed by atoms with Gasteiger partial charge in [0, 0.05) is 32.9 Å². The SMILES string of the molecule is CNCC1CN(Cc2ccccn2)CC(=O)N1C.